The van der Waals surface area contributed by atoms with Crippen molar-refractivity contribution in [3.63, 3.8) is 0 Å². The summed E-state index contributed by atoms with van der Waals surface area (Å²) in [5.74, 6) is 0.716. The quantitative estimate of drug-likeness (QED) is 0.656. The molecule has 21 heavy (non-hydrogen) atoms. The van der Waals surface area contributed by atoms with Gasteiger partial charge in [0.05, 0.1) is 6.54 Å². The van der Waals surface area contributed by atoms with Crippen LogP contribution in [0.25, 0.3) is 0 Å². The predicted molar refractivity (Wildman–Crippen MR) is 79.6 cm³/mol. The summed E-state index contributed by atoms with van der Waals surface area (Å²) < 4.78 is 5.49. The third kappa shape index (κ3) is 4.82. The van der Waals surface area contributed by atoms with E-state index in [1.807, 2.05) is 0 Å². The molecule has 0 spiro atoms. The first-order chi connectivity index (χ1) is 10.2. The third-order valence-corrected chi connectivity index (χ3v) is 3.46. The van der Waals surface area contributed by atoms with Gasteiger partial charge in [-0.2, -0.15) is 0 Å². The summed E-state index contributed by atoms with van der Waals surface area (Å²) in [4.78, 5) is 25.8. The SMILES string of the molecule is O=CN1CCN(C(=O)NCCOc2ccc(Cl)cc2)CC1. The molecule has 1 aromatic rings. The third-order valence-electron chi connectivity index (χ3n) is 3.21. The van der Waals surface area contributed by atoms with Crippen LogP contribution in [-0.2, 0) is 4.79 Å². The van der Waals surface area contributed by atoms with E-state index in [1.165, 1.54) is 0 Å². The molecule has 1 heterocycles. The van der Waals surface area contributed by atoms with Crippen molar-refractivity contribution in [2.45, 2.75) is 0 Å². The Morgan fingerprint density at radius 1 is 1.24 bits per heavy atom. The maximum absolute atomic E-state index is 11.9. The molecule has 6 nitrogen and oxygen atoms in total. The number of nitrogens with one attached hydrogen (secondary N) is 1. The lowest BCUT2D eigenvalue weighted by atomic mass is 10.3. The van der Waals surface area contributed by atoms with Gasteiger partial charge in [-0.05, 0) is 24.3 Å². The van der Waals surface area contributed by atoms with Crippen LogP contribution in [0.4, 0.5) is 4.79 Å². The van der Waals surface area contributed by atoms with Crippen LogP contribution < -0.4 is 10.1 Å². The Kier molecular flexibility index (Phi) is 5.68. The summed E-state index contributed by atoms with van der Waals surface area (Å²) in [5, 5.41) is 3.45. The zero-order valence-corrected chi connectivity index (χ0v) is 12.4. The summed E-state index contributed by atoms with van der Waals surface area (Å²) >= 11 is 5.78. The van der Waals surface area contributed by atoms with E-state index in [0.29, 0.717) is 50.1 Å². The van der Waals surface area contributed by atoms with E-state index in [0.717, 1.165) is 6.41 Å². The van der Waals surface area contributed by atoms with Crippen LogP contribution in [0.5, 0.6) is 5.75 Å². The minimum Gasteiger partial charge on any atom is -0.492 e. The number of hydrogen-bond acceptors (Lipinski definition) is 3. The summed E-state index contributed by atoms with van der Waals surface area (Å²) in [5.41, 5.74) is 0. The highest BCUT2D eigenvalue weighted by Crippen LogP contribution is 2.15. The molecule has 1 saturated heterocycles. The summed E-state index contributed by atoms with van der Waals surface area (Å²) in [6.45, 7) is 3.10. The number of amides is 3. The standard InChI is InChI=1S/C14H18ClN3O3/c15-12-1-3-13(4-2-12)21-10-5-16-14(20)18-8-6-17(11-19)7-9-18/h1-4,11H,5-10H2,(H,16,20). The predicted octanol–water partition coefficient (Wildman–Crippen LogP) is 1.20. The van der Waals surface area contributed by atoms with Crippen LogP contribution in [-0.4, -0.2) is 61.6 Å². The first-order valence-corrected chi connectivity index (χ1v) is 7.17. The molecule has 0 bridgehead atoms. The molecule has 1 aliphatic rings. The summed E-state index contributed by atoms with van der Waals surface area (Å²) in [6.07, 6.45) is 0.815. The molecule has 1 aromatic carbocycles. The normalized spacial score (nSPS) is 14.7. The van der Waals surface area contributed by atoms with Crippen molar-refractivity contribution in [2.75, 3.05) is 39.3 Å². The number of benzene rings is 1. The van der Waals surface area contributed by atoms with Crippen LogP contribution in [0.2, 0.25) is 5.02 Å². The second kappa shape index (κ2) is 7.73. The number of hydrogen-bond donors (Lipinski definition) is 1. The van der Waals surface area contributed by atoms with Crippen molar-refractivity contribution < 1.29 is 14.3 Å². The fourth-order valence-corrected chi connectivity index (χ4v) is 2.13. The molecule has 2 rings (SSSR count). The van der Waals surface area contributed by atoms with Gasteiger partial charge < -0.3 is 19.9 Å². The molecule has 1 N–H and O–H groups in total. The van der Waals surface area contributed by atoms with E-state index in [9.17, 15) is 9.59 Å². The maximum atomic E-state index is 11.9. The molecule has 0 radical (unpaired) electrons. The molecule has 0 atom stereocenters. The van der Waals surface area contributed by atoms with Gasteiger partial charge in [0.25, 0.3) is 0 Å². The largest absolute Gasteiger partial charge is 0.492 e. The Hall–Kier alpha value is -1.95. The number of carbonyl (C=O) groups is 2. The van der Waals surface area contributed by atoms with Gasteiger partial charge in [0.1, 0.15) is 12.4 Å². The number of carbonyl (C=O) groups excluding carboxylic acids is 2. The monoisotopic (exact) mass is 311 g/mol. The van der Waals surface area contributed by atoms with E-state index in [1.54, 1.807) is 34.1 Å². The number of nitrogens with zero attached hydrogens (tertiary/aromatic N) is 2. The first-order valence-electron chi connectivity index (χ1n) is 6.79. The second-order valence-electron chi connectivity index (χ2n) is 4.66. The van der Waals surface area contributed by atoms with Gasteiger partial charge >= 0.3 is 6.03 Å². The van der Waals surface area contributed by atoms with Gasteiger partial charge in [0.2, 0.25) is 6.41 Å². The molecule has 3 amide bonds. The Morgan fingerprint density at radius 3 is 2.52 bits per heavy atom. The number of halogens is 1. The van der Waals surface area contributed by atoms with Gasteiger partial charge in [-0.25, -0.2) is 4.79 Å². The van der Waals surface area contributed by atoms with Crippen LogP contribution in [0.15, 0.2) is 24.3 Å². The van der Waals surface area contributed by atoms with E-state index in [2.05, 4.69) is 5.32 Å². The van der Waals surface area contributed by atoms with E-state index < -0.39 is 0 Å². The molecule has 114 valence electrons. The zero-order chi connectivity index (χ0) is 15.1. The van der Waals surface area contributed by atoms with E-state index in [-0.39, 0.29) is 6.03 Å². The average Bonchev–Trinajstić information content (AvgIpc) is 2.53. The molecule has 1 fully saturated rings. The van der Waals surface area contributed by atoms with E-state index in [4.69, 9.17) is 16.3 Å². The molecule has 0 aliphatic carbocycles. The topological polar surface area (TPSA) is 61.9 Å². The van der Waals surface area contributed by atoms with Gasteiger partial charge in [0, 0.05) is 31.2 Å². The highest BCUT2D eigenvalue weighted by atomic mass is 35.5. The molecular formula is C14H18ClN3O3. The van der Waals surface area contributed by atoms with Crippen molar-refractivity contribution in [3.05, 3.63) is 29.3 Å². The number of ether oxygens (including phenoxy) is 1. The number of piperazine rings is 1. The molecule has 1 aliphatic heterocycles. The van der Waals surface area contributed by atoms with Crippen LogP contribution in [0, 0.1) is 0 Å². The highest BCUT2D eigenvalue weighted by Gasteiger charge is 2.19. The van der Waals surface area contributed by atoms with Crippen molar-refractivity contribution in [3.8, 4) is 5.75 Å². The Balaban J connectivity index is 1.63. The Labute approximate surface area is 128 Å². The fourth-order valence-electron chi connectivity index (χ4n) is 2.00. The molecule has 0 unspecified atom stereocenters. The van der Waals surface area contributed by atoms with Crippen LogP contribution in [0.1, 0.15) is 0 Å². The van der Waals surface area contributed by atoms with Gasteiger partial charge in [-0.3, -0.25) is 4.79 Å². The van der Waals surface area contributed by atoms with Crippen molar-refractivity contribution in [2.24, 2.45) is 0 Å². The average molecular weight is 312 g/mol. The van der Waals surface area contributed by atoms with Crippen LogP contribution >= 0.6 is 11.6 Å². The minimum absolute atomic E-state index is 0.125. The lowest BCUT2D eigenvalue weighted by molar-refractivity contribution is -0.119. The number of rotatable bonds is 5. The molecule has 0 aromatic heterocycles. The Bertz CT molecular complexity index is 473. The number of urea groups is 1. The lowest BCUT2D eigenvalue weighted by Gasteiger charge is -2.32. The van der Waals surface area contributed by atoms with Crippen molar-refractivity contribution >= 4 is 24.0 Å². The Morgan fingerprint density at radius 2 is 1.90 bits per heavy atom. The van der Waals surface area contributed by atoms with Crippen LogP contribution in [0.3, 0.4) is 0 Å². The molecule has 0 saturated carbocycles. The summed E-state index contributed by atoms with van der Waals surface area (Å²) in [7, 11) is 0. The van der Waals surface area contributed by atoms with Crippen molar-refractivity contribution in [1.29, 1.82) is 0 Å². The molecular weight excluding hydrogens is 294 g/mol. The van der Waals surface area contributed by atoms with Gasteiger partial charge in [0.15, 0.2) is 0 Å². The first kappa shape index (κ1) is 15.4. The van der Waals surface area contributed by atoms with Gasteiger partial charge in [-0.15, -0.1) is 0 Å². The van der Waals surface area contributed by atoms with Crippen molar-refractivity contribution in [1.82, 2.24) is 15.1 Å². The maximum Gasteiger partial charge on any atom is 0.317 e. The smallest absolute Gasteiger partial charge is 0.317 e. The minimum atomic E-state index is -0.125. The highest BCUT2D eigenvalue weighted by molar-refractivity contribution is 6.30. The molecule has 7 heteroatoms. The summed E-state index contributed by atoms with van der Waals surface area (Å²) in [6, 6.07) is 6.94. The van der Waals surface area contributed by atoms with Gasteiger partial charge in [-0.1, -0.05) is 11.6 Å². The fraction of sp³-hybridized carbons (Fsp3) is 0.429. The lowest BCUT2D eigenvalue weighted by Crippen LogP contribution is -2.51. The van der Waals surface area contributed by atoms with E-state index >= 15 is 0 Å². The zero-order valence-electron chi connectivity index (χ0n) is 11.6. The second-order valence-corrected chi connectivity index (χ2v) is 5.10.